The Morgan fingerprint density at radius 1 is 1.25 bits per heavy atom. The van der Waals surface area contributed by atoms with Crippen LogP contribution < -0.4 is 10.6 Å². The number of hydrogen-bond donors (Lipinski definition) is 2. The van der Waals surface area contributed by atoms with Crippen LogP contribution in [0, 0.1) is 11.3 Å². The maximum Gasteiger partial charge on any atom is 0.220 e. The highest BCUT2D eigenvalue weighted by Gasteiger charge is 2.26. The summed E-state index contributed by atoms with van der Waals surface area (Å²) < 4.78 is 0. The highest BCUT2D eigenvalue weighted by molar-refractivity contribution is 5.85. The fourth-order valence-corrected chi connectivity index (χ4v) is 3.46. The monoisotopic (exact) mass is 302 g/mol. The van der Waals surface area contributed by atoms with Crippen molar-refractivity contribution >= 4 is 18.3 Å². The minimum atomic E-state index is 0. The normalized spacial score (nSPS) is 22.2. The molecule has 0 bridgehead atoms. The van der Waals surface area contributed by atoms with Crippen LogP contribution >= 0.6 is 12.4 Å². The van der Waals surface area contributed by atoms with Crippen LogP contribution in [0.15, 0.2) is 0 Å². The number of nitrogens with one attached hydrogen (secondary N) is 2. The van der Waals surface area contributed by atoms with Gasteiger partial charge in [0, 0.05) is 13.0 Å². The Morgan fingerprint density at radius 3 is 2.55 bits per heavy atom. The zero-order chi connectivity index (χ0) is 13.6. The Bertz CT molecular complexity index is 284. The van der Waals surface area contributed by atoms with Crippen molar-refractivity contribution in [1.82, 2.24) is 10.6 Å². The molecule has 20 heavy (non-hydrogen) atoms. The number of halogens is 1. The minimum absolute atomic E-state index is 0. The van der Waals surface area contributed by atoms with Gasteiger partial charge in [0.25, 0.3) is 0 Å². The summed E-state index contributed by atoms with van der Waals surface area (Å²) in [5.74, 6) is 1.17. The molecule has 1 amide bonds. The third-order valence-electron chi connectivity index (χ3n) is 5.01. The van der Waals surface area contributed by atoms with E-state index in [1.165, 1.54) is 44.9 Å². The van der Waals surface area contributed by atoms with Crippen LogP contribution in [0.2, 0.25) is 0 Å². The maximum absolute atomic E-state index is 11.9. The molecule has 118 valence electrons. The van der Waals surface area contributed by atoms with Crippen LogP contribution in [0.5, 0.6) is 0 Å². The van der Waals surface area contributed by atoms with E-state index < -0.39 is 0 Å². The van der Waals surface area contributed by atoms with E-state index in [0.29, 0.717) is 5.41 Å². The fourth-order valence-electron chi connectivity index (χ4n) is 3.46. The molecule has 1 aliphatic heterocycles. The molecule has 3 nitrogen and oxygen atoms in total. The Hall–Kier alpha value is -0.280. The summed E-state index contributed by atoms with van der Waals surface area (Å²) in [6, 6.07) is 0. The van der Waals surface area contributed by atoms with E-state index >= 15 is 0 Å². The van der Waals surface area contributed by atoms with Gasteiger partial charge in [0.1, 0.15) is 0 Å². The van der Waals surface area contributed by atoms with Crippen LogP contribution in [0.1, 0.15) is 64.7 Å². The Morgan fingerprint density at radius 2 is 1.90 bits per heavy atom. The van der Waals surface area contributed by atoms with Gasteiger partial charge in [0.05, 0.1) is 0 Å². The number of hydrogen-bond acceptors (Lipinski definition) is 2. The lowest BCUT2D eigenvalue weighted by atomic mass is 9.81. The van der Waals surface area contributed by atoms with Gasteiger partial charge in [-0.2, -0.15) is 0 Å². The molecule has 2 aliphatic rings. The lowest BCUT2D eigenvalue weighted by Gasteiger charge is -2.34. The zero-order valence-electron chi connectivity index (χ0n) is 12.9. The molecule has 0 aromatic carbocycles. The summed E-state index contributed by atoms with van der Waals surface area (Å²) in [6.45, 7) is 5.34. The fraction of sp³-hybridized carbons (Fsp3) is 0.938. The second-order valence-corrected chi connectivity index (χ2v) is 6.88. The Labute approximate surface area is 130 Å². The van der Waals surface area contributed by atoms with Crippen LogP contribution in [0.25, 0.3) is 0 Å². The van der Waals surface area contributed by atoms with E-state index in [9.17, 15) is 4.79 Å². The van der Waals surface area contributed by atoms with E-state index in [2.05, 4.69) is 17.6 Å². The second kappa shape index (κ2) is 8.89. The summed E-state index contributed by atoms with van der Waals surface area (Å²) in [5.41, 5.74) is 0.312. The van der Waals surface area contributed by atoms with E-state index in [4.69, 9.17) is 0 Å². The molecule has 0 aromatic rings. The summed E-state index contributed by atoms with van der Waals surface area (Å²) in [6.07, 6.45) is 11.0. The van der Waals surface area contributed by atoms with Crippen LogP contribution in [-0.4, -0.2) is 25.5 Å². The molecule has 1 aliphatic carbocycles. The quantitative estimate of drug-likeness (QED) is 0.790. The molecule has 4 heteroatoms. The molecule has 0 aromatic heterocycles. The van der Waals surface area contributed by atoms with E-state index in [1.807, 2.05) is 0 Å². The minimum Gasteiger partial charge on any atom is -0.356 e. The van der Waals surface area contributed by atoms with Crippen LogP contribution in [-0.2, 0) is 4.79 Å². The predicted molar refractivity (Wildman–Crippen MR) is 86.3 cm³/mol. The van der Waals surface area contributed by atoms with Crippen LogP contribution in [0.4, 0.5) is 0 Å². The maximum atomic E-state index is 11.9. The molecule has 1 saturated carbocycles. The largest absolute Gasteiger partial charge is 0.356 e. The first-order chi connectivity index (χ1) is 9.18. The molecular formula is C16H31ClN2O. The summed E-state index contributed by atoms with van der Waals surface area (Å²) in [5, 5.41) is 6.53. The highest BCUT2D eigenvalue weighted by Crippen LogP contribution is 2.29. The lowest BCUT2D eigenvalue weighted by molar-refractivity contribution is -0.121. The zero-order valence-corrected chi connectivity index (χ0v) is 13.7. The number of carbonyl (C=O) groups excluding carboxylic acids is 1. The van der Waals surface area contributed by atoms with Crippen molar-refractivity contribution in [2.45, 2.75) is 64.7 Å². The van der Waals surface area contributed by atoms with E-state index in [-0.39, 0.29) is 18.3 Å². The van der Waals surface area contributed by atoms with Crippen molar-refractivity contribution in [2.75, 3.05) is 19.6 Å². The van der Waals surface area contributed by atoms with Gasteiger partial charge in [-0.15, -0.1) is 12.4 Å². The van der Waals surface area contributed by atoms with Gasteiger partial charge in [0.2, 0.25) is 5.91 Å². The first-order valence-corrected chi connectivity index (χ1v) is 8.15. The number of amides is 1. The molecule has 1 saturated heterocycles. The van der Waals surface area contributed by atoms with Crippen molar-refractivity contribution < 1.29 is 4.79 Å². The van der Waals surface area contributed by atoms with Gasteiger partial charge in [-0.3, -0.25) is 4.79 Å². The third kappa shape index (κ3) is 6.01. The number of rotatable bonds is 6. The van der Waals surface area contributed by atoms with E-state index in [1.54, 1.807) is 0 Å². The summed E-state index contributed by atoms with van der Waals surface area (Å²) in [4.78, 5) is 11.9. The van der Waals surface area contributed by atoms with Gasteiger partial charge in [-0.1, -0.05) is 32.6 Å². The molecule has 0 spiro atoms. The highest BCUT2D eigenvalue weighted by atomic mass is 35.5. The average molecular weight is 303 g/mol. The SMILES string of the molecule is CC1(CNC(=O)CCCC2CCCC2)CCNCC1.Cl. The molecule has 1 heterocycles. The van der Waals surface area contributed by atoms with Gasteiger partial charge < -0.3 is 10.6 Å². The van der Waals surface area contributed by atoms with Gasteiger partial charge in [-0.05, 0) is 50.1 Å². The van der Waals surface area contributed by atoms with Gasteiger partial charge in [-0.25, -0.2) is 0 Å². The Balaban J connectivity index is 0.00000200. The van der Waals surface area contributed by atoms with Crippen LogP contribution in [0.3, 0.4) is 0 Å². The molecule has 2 rings (SSSR count). The molecule has 0 radical (unpaired) electrons. The number of carbonyl (C=O) groups is 1. The molecule has 2 N–H and O–H groups in total. The first kappa shape index (κ1) is 17.8. The number of piperidine rings is 1. The van der Waals surface area contributed by atoms with E-state index in [0.717, 1.165) is 38.4 Å². The van der Waals surface area contributed by atoms with Gasteiger partial charge >= 0.3 is 0 Å². The summed E-state index contributed by atoms with van der Waals surface area (Å²) in [7, 11) is 0. The lowest BCUT2D eigenvalue weighted by Crippen LogP contribution is -2.42. The standard InChI is InChI=1S/C16H30N2O.ClH/c1-16(9-11-17-12-10-16)13-18-15(19)8-4-7-14-5-2-3-6-14;/h14,17H,2-13H2,1H3,(H,18,19);1H. The van der Waals surface area contributed by atoms with Crippen molar-refractivity contribution in [1.29, 1.82) is 0 Å². The van der Waals surface area contributed by atoms with Crippen molar-refractivity contribution in [2.24, 2.45) is 11.3 Å². The van der Waals surface area contributed by atoms with Crippen molar-refractivity contribution in [3.63, 3.8) is 0 Å². The Kier molecular flexibility index (Phi) is 7.90. The molecular weight excluding hydrogens is 272 g/mol. The summed E-state index contributed by atoms with van der Waals surface area (Å²) >= 11 is 0. The first-order valence-electron chi connectivity index (χ1n) is 8.15. The second-order valence-electron chi connectivity index (χ2n) is 6.88. The average Bonchev–Trinajstić information content (AvgIpc) is 2.91. The van der Waals surface area contributed by atoms with Crippen molar-refractivity contribution in [3.8, 4) is 0 Å². The third-order valence-corrected chi connectivity index (χ3v) is 5.01. The smallest absolute Gasteiger partial charge is 0.220 e. The van der Waals surface area contributed by atoms with Gasteiger partial charge in [0.15, 0.2) is 0 Å². The molecule has 2 fully saturated rings. The molecule has 0 atom stereocenters. The molecule has 0 unspecified atom stereocenters. The predicted octanol–water partition coefficient (Wildman–Crippen LogP) is 3.27. The van der Waals surface area contributed by atoms with Crippen molar-refractivity contribution in [3.05, 3.63) is 0 Å². The topological polar surface area (TPSA) is 41.1 Å².